The van der Waals surface area contributed by atoms with Gasteiger partial charge in [0.2, 0.25) is 0 Å². The fourth-order valence-electron chi connectivity index (χ4n) is 2.11. The molecule has 0 aromatic carbocycles. The van der Waals surface area contributed by atoms with Gasteiger partial charge < -0.3 is 4.90 Å². The summed E-state index contributed by atoms with van der Waals surface area (Å²) >= 11 is 0. The van der Waals surface area contributed by atoms with E-state index in [0.29, 0.717) is 12.1 Å². The molecular weight excluding hydrogens is 242 g/mol. The van der Waals surface area contributed by atoms with Crippen LogP contribution in [0.1, 0.15) is 27.3 Å². The van der Waals surface area contributed by atoms with E-state index in [1.54, 1.807) is 36.1 Å². The van der Waals surface area contributed by atoms with Crippen LogP contribution in [0.15, 0.2) is 12.4 Å². The third-order valence-corrected chi connectivity index (χ3v) is 3.35. The molecule has 2 heterocycles. The van der Waals surface area contributed by atoms with E-state index >= 15 is 0 Å². The van der Waals surface area contributed by atoms with E-state index in [-0.39, 0.29) is 5.91 Å². The molecule has 0 saturated heterocycles. The van der Waals surface area contributed by atoms with Crippen molar-refractivity contribution in [2.45, 2.75) is 20.4 Å². The maximum absolute atomic E-state index is 12.2. The molecule has 0 atom stereocenters. The Balaban J connectivity index is 2.17. The van der Waals surface area contributed by atoms with E-state index in [0.717, 1.165) is 17.0 Å². The average Bonchev–Trinajstić information content (AvgIpc) is 2.88. The molecule has 2 aromatic heterocycles. The molecule has 0 unspecified atom stereocenters. The van der Waals surface area contributed by atoms with Gasteiger partial charge in [-0.1, -0.05) is 0 Å². The Morgan fingerprint density at radius 1 is 1.37 bits per heavy atom. The zero-order valence-corrected chi connectivity index (χ0v) is 12.0. The first-order valence-electron chi connectivity index (χ1n) is 6.13. The molecular formula is C13H19N5O. The number of aryl methyl sites for hydroxylation is 3. The molecule has 102 valence electrons. The highest BCUT2D eigenvalue weighted by molar-refractivity contribution is 5.93. The standard InChI is InChI=1S/C13H19N5O/c1-9-12(10(2)18(5)15-9)8-16(3)13(19)11-6-14-17(4)7-11/h6-7H,8H2,1-5H3. The van der Waals surface area contributed by atoms with Crippen LogP contribution < -0.4 is 0 Å². The minimum Gasteiger partial charge on any atom is -0.337 e. The third-order valence-electron chi connectivity index (χ3n) is 3.35. The van der Waals surface area contributed by atoms with Gasteiger partial charge in [0, 0.05) is 45.1 Å². The van der Waals surface area contributed by atoms with Crippen LogP contribution in [0, 0.1) is 13.8 Å². The zero-order valence-electron chi connectivity index (χ0n) is 12.0. The van der Waals surface area contributed by atoms with Crippen LogP contribution in [-0.2, 0) is 20.6 Å². The number of rotatable bonds is 3. The molecule has 0 N–H and O–H groups in total. The van der Waals surface area contributed by atoms with E-state index in [2.05, 4.69) is 10.2 Å². The summed E-state index contributed by atoms with van der Waals surface area (Å²) in [5.41, 5.74) is 3.75. The highest BCUT2D eigenvalue weighted by atomic mass is 16.2. The lowest BCUT2D eigenvalue weighted by atomic mass is 10.2. The maximum atomic E-state index is 12.2. The van der Waals surface area contributed by atoms with Crippen LogP contribution >= 0.6 is 0 Å². The van der Waals surface area contributed by atoms with Crippen molar-refractivity contribution >= 4 is 5.91 Å². The molecule has 0 spiro atoms. The molecule has 1 amide bonds. The van der Waals surface area contributed by atoms with Crippen LogP contribution in [0.2, 0.25) is 0 Å². The number of nitrogens with zero attached hydrogens (tertiary/aromatic N) is 5. The predicted molar refractivity (Wildman–Crippen MR) is 71.7 cm³/mol. The summed E-state index contributed by atoms with van der Waals surface area (Å²) in [6.45, 7) is 4.53. The monoisotopic (exact) mass is 261 g/mol. The van der Waals surface area contributed by atoms with Crippen molar-refractivity contribution in [3.63, 3.8) is 0 Å². The van der Waals surface area contributed by atoms with Crippen LogP contribution in [0.4, 0.5) is 0 Å². The van der Waals surface area contributed by atoms with E-state index in [1.807, 2.05) is 25.6 Å². The van der Waals surface area contributed by atoms with Crippen molar-refractivity contribution in [1.82, 2.24) is 24.5 Å². The average molecular weight is 261 g/mol. The SMILES string of the molecule is Cc1nn(C)c(C)c1CN(C)C(=O)c1cnn(C)c1. The van der Waals surface area contributed by atoms with Gasteiger partial charge in [0.05, 0.1) is 17.5 Å². The van der Waals surface area contributed by atoms with Crippen LogP contribution in [0.3, 0.4) is 0 Å². The Morgan fingerprint density at radius 3 is 2.53 bits per heavy atom. The van der Waals surface area contributed by atoms with Gasteiger partial charge >= 0.3 is 0 Å². The van der Waals surface area contributed by atoms with Crippen molar-refractivity contribution < 1.29 is 4.79 Å². The number of hydrogen-bond acceptors (Lipinski definition) is 3. The van der Waals surface area contributed by atoms with E-state index in [4.69, 9.17) is 0 Å². The second-order valence-electron chi connectivity index (χ2n) is 4.84. The minimum atomic E-state index is -0.0317. The van der Waals surface area contributed by atoms with Crippen LogP contribution in [0.25, 0.3) is 0 Å². The van der Waals surface area contributed by atoms with Gasteiger partial charge in [-0.05, 0) is 13.8 Å². The van der Waals surface area contributed by atoms with Crippen LogP contribution in [0.5, 0.6) is 0 Å². The number of amides is 1. The molecule has 0 bridgehead atoms. The fraction of sp³-hybridized carbons (Fsp3) is 0.462. The quantitative estimate of drug-likeness (QED) is 0.829. The van der Waals surface area contributed by atoms with Crippen molar-refractivity contribution in [3.8, 4) is 0 Å². The Labute approximate surface area is 112 Å². The first kappa shape index (κ1) is 13.3. The second-order valence-corrected chi connectivity index (χ2v) is 4.84. The second kappa shape index (κ2) is 4.87. The molecule has 19 heavy (non-hydrogen) atoms. The van der Waals surface area contributed by atoms with Gasteiger partial charge in [-0.25, -0.2) is 0 Å². The highest BCUT2D eigenvalue weighted by Gasteiger charge is 2.17. The molecule has 6 nitrogen and oxygen atoms in total. The number of carbonyl (C=O) groups excluding carboxylic acids is 1. The van der Waals surface area contributed by atoms with E-state index in [9.17, 15) is 4.79 Å². The summed E-state index contributed by atoms with van der Waals surface area (Å²) in [4.78, 5) is 13.9. The number of hydrogen-bond donors (Lipinski definition) is 0. The van der Waals surface area contributed by atoms with Crippen molar-refractivity contribution in [2.24, 2.45) is 14.1 Å². The van der Waals surface area contributed by atoms with Gasteiger partial charge in [0.1, 0.15) is 0 Å². The third kappa shape index (κ3) is 2.52. The van der Waals surface area contributed by atoms with Crippen molar-refractivity contribution in [3.05, 3.63) is 34.9 Å². The van der Waals surface area contributed by atoms with Crippen molar-refractivity contribution in [2.75, 3.05) is 7.05 Å². The highest BCUT2D eigenvalue weighted by Crippen LogP contribution is 2.15. The minimum absolute atomic E-state index is 0.0317. The Morgan fingerprint density at radius 2 is 2.05 bits per heavy atom. The fourth-order valence-corrected chi connectivity index (χ4v) is 2.11. The Kier molecular flexibility index (Phi) is 3.42. The summed E-state index contributed by atoms with van der Waals surface area (Å²) in [6, 6.07) is 0. The predicted octanol–water partition coefficient (Wildman–Crippen LogP) is 1.04. The first-order chi connectivity index (χ1) is 8.90. The molecule has 0 saturated carbocycles. The number of carbonyl (C=O) groups is 1. The lowest BCUT2D eigenvalue weighted by Gasteiger charge is -2.16. The molecule has 6 heteroatoms. The lowest BCUT2D eigenvalue weighted by Crippen LogP contribution is -2.26. The molecule has 2 aromatic rings. The van der Waals surface area contributed by atoms with Gasteiger partial charge in [-0.3, -0.25) is 14.2 Å². The molecule has 0 radical (unpaired) electrons. The molecule has 0 aliphatic carbocycles. The van der Waals surface area contributed by atoms with Gasteiger partial charge in [0.15, 0.2) is 0 Å². The van der Waals surface area contributed by atoms with Gasteiger partial charge in [-0.2, -0.15) is 10.2 Å². The molecule has 0 fully saturated rings. The molecule has 0 aliphatic rings. The topological polar surface area (TPSA) is 56.0 Å². The maximum Gasteiger partial charge on any atom is 0.257 e. The smallest absolute Gasteiger partial charge is 0.257 e. The summed E-state index contributed by atoms with van der Waals surface area (Å²) in [5.74, 6) is -0.0317. The summed E-state index contributed by atoms with van der Waals surface area (Å²) in [7, 11) is 5.50. The number of aromatic nitrogens is 4. The summed E-state index contributed by atoms with van der Waals surface area (Å²) in [6.07, 6.45) is 3.31. The largest absolute Gasteiger partial charge is 0.337 e. The van der Waals surface area contributed by atoms with Crippen molar-refractivity contribution in [1.29, 1.82) is 0 Å². The van der Waals surface area contributed by atoms with E-state index < -0.39 is 0 Å². The van der Waals surface area contributed by atoms with Crippen LogP contribution in [-0.4, -0.2) is 37.4 Å². The Bertz CT molecular complexity index is 611. The first-order valence-corrected chi connectivity index (χ1v) is 6.13. The normalized spacial score (nSPS) is 10.8. The van der Waals surface area contributed by atoms with Gasteiger partial charge in [0.25, 0.3) is 5.91 Å². The van der Waals surface area contributed by atoms with Gasteiger partial charge in [-0.15, -0.1) is 0 Å². The Hall–Kier alpha value is -2.11. The van der Waals surface area contributed by atoms with E-state index in [1.165, 1.54) is 0 Å². The lowest BCUT2D eigenvalue weighted by molar-refractivity contribution is 0.0784. The molecule has 0 aliphatic heterocycles. The zero-order chi connectivity index (χ0) is 14.2. The summed E-state index contributed by atoms with van der Waals surface area (Å²) < 4.78 is 3.47. The molecule has 2 rings (SSSR count). The summed E-state index contributed by atoms with van der Waals surface area (Å²) in [5, 5.41) is 8.38.